The van der Waals surface area contributed by atoms with E-state index in [0.717, 1.165) is 17.0 Å². The third kappa shape index (κ3) is 3.96. The number of carbonyl (C=O) groups is 1. The minimum Gasteiger partial charge on any atom is -0.496 e. The highest BCUT2D eigenvalue weighted by atomic mass is 16.5. The fraction of sp³-hybridized carbons (Fsp3) is 0.533. The Bertz CT molecular complexity index is 453. The smallest absolute Gasteiger partial charge is 0.238 e. The lowest BCUT2D eigenvalue weighted by Crippen LogP contribution is -2.29. The van der Waals surface area contributed by atoms with E-state index in [0.29, 0.717) is 18.5 Å². The molecule has 0 spiro atoms. The van der Waals surface area contributed by atoms with Gasteiger partial charge in [-0.25, -0.2) is 0 Å². The van der Waals surface area contributed by atoms with Gasteiger partial charge < -0.3 is 15.4 Å². The first kappa shape index (κ1) is 13.9. The summed E-state index contributed by atoms with van der Waals surface area (Å²) in [5.74, 6) is 1.23. The van der Waals surface area contributed by atoms with Crippen LogP contribution in [0.1, 0.15) is 38.2 Å². The molecule has 0 heterocycles. The normalized spacial score (nSPS) is 14.5. The number of carbonyl (C=O) groups excluding carboxylic acids is 1. The molecule has 19 heavy (non-hydrogen) atoms. The summed E-state index contributed by atoms with van der Waals surface area (Å²) in [7, 11) is 1.67. The third-order valence-corrected chi connectivity index (χ3v) is 3.26. The summed E-state index contributed by atoms with van der Waals surface area (Å²) in [6.07, 6.45) is 2.38. The molecule has 1 aliphatic rings. The molecule has 1 aromatic rings. The molecule has 0 aromatic heterocycles. The molecule has 104 valence electrons. The van der Waals surface area contributed by atoms with E-state index in [-0.39, 0.29) is 5.91 Å². The molecule has 0 saturated heterocycles. The molecule has 0 bridgehead atoms. The van der Waals surface area contributed by atoms with Gasteiger partial charge in [0.15, 0.2) is 0 Å². The molecule has 0 radical (unpaired) electrons. The number of ether oxygens (including phenoxy) is 1. The van der Waals surface area contributed by atoms with Crippen LogP contribution in [-0.4, -0.2) is 25.6 Å². The molecule has 0 unspecified atom stereocenters. The number of nitrogens with one attached hydrogen (secondary N) is 2. The Morgan fingerprint density at radius 3 is 2.74 bits per heavy atom. The van der Waals surface area contributed by atoms with Gasteiger partial charge in [-0.3, -0.25) is 4.79 Å². The van der Waals surface area contributed by atoms with Crippen LogP contribution in [0.2, 0.25) is 0 Å². The zero-order valence-electron chi connectivity index (χ0n) is 11.8. The van der Waals surface area contributed by atoms with Crippen molar-refractivity contribution in [2.75, 3.05) is 19.0 Å². The van der Waals surface area contributed by atoms with Gasteiger partial charge >= 0.3 is 0 Å². The Labute approximate surface area is 114 Å². The Balaban J connectivity index is 1.98. The second kappa shape index (κ2) is 6.06. The Morgan fingerprint density at radius 2 is 2.16 bits per heavy atom. The largest absolute Gasteiger partial charge is 0.496 e. The average molecular weight is 262 g/mol. The summed E-state index contributed by atoms with van der Waals surface area (Å²) in [6, 6.07) is 6.31. The summed E-state index contributed by atoms with van der Waals surface area (Å²) in [5.41, 5.74) is 1.93. The highest BCUT2D eigenvalue weighted by molar-refractivity contribution is 5.92. The predicted molar refractivity (Wildman–Crippen MR) is 76.7 cm³/mol. The summed E-state index contributed by atoms with van der Waals surface area (Å²) >= 11 is 0. The van der Waals surface area contributed by atoms with Crippen molar-refractivity contribution >= 4 is 11.6 Å². The lowest BCUT2D eigenvalue weighted by Gasteiger charge is -2.14. The zero-order valence-corrected chi connectivity index (χ0v) is 11.8. The molecule has 1 aliphatic carbocycles. The van der Waals surface area contributed by atoms with Crippen LogP contribution in [0.15, 0.2) is 18.2 Å². The standard InChI is InChI=1S/C15H22N2O2/c1-10(2)13-8-12(6-7-14(13)19-3)17-15(18)9-16-11-4-5-11/h6-8,10-11,16H,4-5,9H2,1-3H3,(H,17,18). The van der Waals surface area contributed by atoms with Crippen molar-refractivity contribution in [1.29, 1.82) is 0 Å². The van der Waals surface area contributed by atoms with E-state index in [2.05, 4.69) is 24.5 Å². The van der Waals surface area contributed by atoms with Crippen LogP contribution in [0.4, 0.5) is 5.69 Å². The van der Waals surface area contributed by atoms with Crippen LogP contribution in [0.3, 0.4) is 0 Å². The molecule has 4 nitrogen and oxygen atoms in total. The maximum atomic E-state index is 11.8. The van der Waals surface area contributed by atoms with Crippen LogP contribution in [0.5, 0.6) is 5.75 Å². The van der Waals surface area contributed by atoms with Crippen molar-refractivity contribution < 1.29 is 9.53 Å². The van der Waals surface area contributed by atoms with Gasteiger partial charge in [-0.2, -0.15) is 0 Å². The molecule has 2 rings (SSSR count). The van der Waals surface area contributed by atoms with Crippen LogP contribution in [0.25, 0.3) is 0 Å². The Hall–Kier alpha value is -1.55. The maximum Gasteiger partial charge on any atom is 0.238 e. The van der Waals surface area contributed by atoms with Crippen LogP contribution in [-0.2, 0) is 4.79 Å². The van der Waals surface area contributed by atoms with Crippen molar-refractivity contribution in [2.24, 2.45) is 0 Å². The summed E-state index contributed by atoms with van der Waals surface area (Å²) in [5, 5.41) is 6.11. The summed E-state index contributed by atoms with van der Waals surface area (Å²) in [4.78, 5) is 11.8. The van der Waals surface area contributed by atoms with Gasteiger partial charge in [0.2, 0.25) is 5.91 Å². The molecular formula is C15H22N2O2. The molecule has 0 aliphatic heterocycles. The molecule has 4 heteroatoms. The molecular weight excluding hydrogens is 240 g/mol. The second-order valence-corrected chi connectivity index (χ2v) is 5.31. The highest BCUT2D eigenvalue weighted by Gasteiger charge is 2.21. The number of benzene rings is 1. The van der Waals surface area contributed by atoms with E-state index in [1.165, 1.54) is 12.8 Å². The summed E-state index contributed by atoms with van der Waals surface area (Å²) in [6.45, 7) is 4.60. The van der Waals surface area contributed by atoms with Gasteiger partial charge in [0.25, 0.3) is 0 Å². The number of hydrogen-bond acceptors (Lipinski definition) is 3. The molecule has 1 saturated carbocycles. The zero-order chi connectivity index (χ0) is 13.8. The second-order valence-electron chi connectivity index (χ2n) is 5.31. The van der Waals surface area contributed by atoms with Gasteiger partial charge in [0, 0.05) is 11.7 Å². The number of amides is 1. The highest BCUT2D eigenvalue weighted by Crippen LogP contribution is 2.29. The van der Waals surface area contributed by atoms with E-state index in [1.807, 2.05) is 18.2 Å². The van der Waals surface area contributed by atoms with Gasteiger partial charge in [-0.15, -0.1) is 0 Å². The molecule has 1 amide bonds. The van der Waals surface area contributed by atoms with Crippen molar-refractivity contribution in [3.05, 3.63) is 23.8 Å². The maximum absolute atomic E-state index is 11.8. The molecule has 1 aromatic carbocycles. The number of hydrogen-bond donors (Lipinski definition) is 2. The van der Waals surface area contributed by atoms with Crippen LogP contribution < -0.4 is 15.4 Å². The summed E-state index contributed by atoms with van der Waals surface area (Å²) < 4.78 is 5.33. The van der Waals surface area contributed by atoms with Crippen molar-refractivity contribution in [2.45, 2.75) is 38.6 Å². The van der Waals surface area contributed by atoms with Gasteiger partial charge in [0.05, 0.1) is 13.7 Å². The SMILES string of the molecule is COc1ccc(NC(=O)CNC2CC2)cc1C(C)C. The topological polar surface area (TPSA) is 50.4 Å². The number of rotatable bonds is 6. The average Bonchev–Trinajstić information content (AvgIpc) is 3.20. The van der Waals surface area contributed by atoms with E-state index in [9.17, 15) is 4.79 Å². The van der Waals surface area contributed by atoms with E-state index < -0.39 is 0 Å². The van der Waals surface area contributed by atoms with Crippen LogP contribution >= 0.6 is 0 Å². The minimum absolute atomic E-state index is 0.00627. The van der Waals surface area contributed by atoms with Gasteiger partial charge in [-0.1, -0.05) is 13.8 Å². The molecule has 2 N–H and O–H groups in total. The number of methoxy groups -OCH3 is 1. The Morgan fingerprint density at radius 1 is 1.42 bits per heavy atom. The quantitative estimate of drug-likeness (QED) is 0.828. The number of anilines is 1. The first-order valence-corrected chi connectivity index (χ1v) is 6.81. The van der Waals surface area contributed by atoms with Crippen molar-refractivity contribution in [3.63, 3.8) is 0 Å². The third-order valence-electron chi connectivity index (χ3n) is 3.26. The monoisotopic (exact) mass is 262 g/mol. The first-order chi connectivity index (χ1) is 9.10. The lowest BCUT2D eigenvalue weighted by molar-refractivity contribution is -0.115. The fourth-order valence-corrected chi connectivity index (χ4v) is 1.99. The van der Waals surface area contributed by atoms with Gasteiger partial charge in [0.1, 0.15) is 5.75 Å². The molecule has 0 atom stereocenters. The van der Waals surface area contributed by atoms with Gasteiger partial charge in [-0.05, 0) is 42.5 Å². The fourth-order valence-electron chi connectivity index (χ4n) is 1.99. The lowest BCUT2D eigenvalue weighted by atomic mass is 10.0. The van der Waals surface area contributed by atoms with E-state index >= 15 is 0 Å². The van der Waals surface area contributed by atoms with Crippen molar-refractivity contribution in [1.82, 2.24) is 5.32 Å². The van der Waals surface area contributed by atoms with E-state index in [4.69, 9.17) is 4.74 Å². The van der Waals surface area contributed by atoms with E-state index in [1.54, 1.807) is 7.11 Å². The molecule has 1 fully saturated rings. The van der Waals surface area contributed by atoms with Crippen molar-refractivity contribution in [3.8, 4) is 5.75 Å². The predicted octanol–water partition coefficient (Wildman–Crippen LogP) is 2.51. The van der Waals surface area contributed by atoms with Crippen LogP contribution in [0, 0.1) is 0 Å². The minimum atomic E-state index is 0.00627. The Kier molecular flexibility index (Phi) is 4.43. The first-order valence-electron chi connectivity index (χ1n) is 6.81.